The molecule has 23 heavy (non-hydrogen) atoms. The van der Waals surface area contributed by atoms with Crippen LogP contribution in [0.2, 0.25) is 0 Å². The van der Waals surface area contributed by atoms with Crippen molar-refractivity contribution in [1.29, 1.82) is 0 Å². The van der Waals surface area contributed by atoms with Crippen LogP contribution < -0.4 is 5.32 Å². The molecule has 1 N–H and O–H groups in total. The summed E-state index contributed by atoms with van der Waals surface area (Å²) < 4.78 is 4.70. The van der Waals surface area contributed by atoms with E-state index in [2.05, 4.69) is 5.32 Å². The Bertz CT molecular complexity index is 658. The second-order valence-corrected chi connectivity index (χ2v) is 5.93. The third-order valence-electron chi connectivity index (χ3n) is 3.18. The van der Waals surface area contributed by atoms with Crippen LogP contribution in [0.15, 0.2) is 54.6 Å². The Morgan fingerprint density at radius 3 is 2.52 bits per heavy atom. The molecule has 1 amide bonds. The van der Waals surface area contributed by atoms with Gasteiger partial charge in [-0.1, -0.05) is 42.5 Å². The molecule has 2 aromatic carbocycles. The average Bonchev–Trinajstić information content (AvgIpc) is 2.60. The van der Waals surface area contributed by atoms with Crippen LogP contribution in [-0.2, 0) is 21.8 Å². The van der Waals surface area contributed by atoms with Crippen molar-refractivity contribution in [3.8, 4) is 0 Å². The molecule has 0 spiro atoms. The van der Waals surface area contributed by atoms with Gasteiger partial charge in [0.25, 0.3) is 0 Å². The molecule has 120 valence electrons. The summed E-state index contributed by atoms with van der Waals surface area (Å²) in [6, 6.07) is 17.1. The number of carbonyl (C=O) groups is 2. The number of methoxy groups -OCH3 is 1. The van der Waals surface area contributed by atoms with Crippen molar-refractivity contribution < 1.29 is 14.3 Å². The largest absolute Gasteiger partial charge is 0.465 e. The first-order valence-electron chi connectivity index (χ1n) is 7.24. The molecule has 0 fully saturated rings. The zero-order chi connectivity index (χ0) is 16.5. The molecule has 0 saturated carbocycles. The molecule has 5 heteroatoms. The molecule has 0 atom stereocenters. The van der Waals surface area contributed by atoms with Gasteiger partial charge in [-0.15, -0.1) is 11.8 Å². The second kappa shape index (κ2) is 9.00. The van der Waals surface area contributed by atoms with E-state index in [9.17, 15) is 9.59 Å². The number of hydrogen-bond acceptors (Lipinski definition) is 4. The smallest absolute Gasteiger partial charge is 0.337 e. The molecule has 0 aromatic heterocycles. The predicted octanol–water partition coefficient (Wildman–Crippen LogP) is 3.02. The Kier molecular flexibility index (Phi) is 6.69. The maximum atomic E-state index is 11.8. The normalized spacial score (nSPS) is 10.1. The topological polar surface area (TPSA) is 55.4 Å². The summed E-state index contributed by atoms with van der Waals surface area (Å²) in [7, 11) is 1.36. The third-order valence-corrected chi connectivity index (χ3v) is 4.19. The lowest BCUT2D eigenvalue weighted by Gasteiger charge is -2.06. The number of thioether (sulfide) groups is 1. The van der Waals surface area contributed by atoms with Crippen molar-refractivity contribution >= 4 is 23.6 Å². The lowest BCUT2D eigenvalue weighted by Crippen LogP contribution is -2.24. The van der Waals surface area contributed by atoms with Crippen molar-refractivity contribution in [3.05, 3.63) is 71.3 Å². The zero-order valence-corrected chi connectivity index (χ0v) is 13.8. The van der Waals surface area contributed by atoms with Crippen molar-refractivity contribution in [1.82, 2.24) is 5.32 Å². The van der Waals surface area contributed by atoms with Gasteiger partial charge in [-0.3, -0.25) is 4.79 Å². The minimum absolute atomic E-state index is 0.00276. The van der Waals surface area contributed by atoms with Crippen molar-refractivity contribution in [3.63, 3.8) is 0 Å². The molecule has 4 nitrogen and oxygen atoms in total. The Labute approximate surface area is 140 Å². The molecule has 0 aliphatic heterocycles. The quantitative estimate of drug-likeness (QED) is 0.793. The molecule has 2 rings (SSSR count). The van der Waals surface area contributed by atoms with E-state index in [4.69, 9.17) is 4.74 Å². The molecule has 0 radical (unpaired) electrons. The van der Waals surface area contributed by atoms with Gasteiger partial charge in [0, 0.05) is 12.3 Å². The number of esters is 1. The minimum atomic E-state index is -0.350. The van der Waals surface area contributed by atoms with E-state index in [-0.39, 0.29) is 11.9 Å². The second-order valence-electron chi connectivity index (χ2n) is 4.95. The van der Waals surface area contributed by atoms with Gasteiger partial charge in [-0.25, -0.2) is 4.79 Å². The van der Waals surface area contributed by atoms with Crippen LogP contribution in [0.5, 0.6) is 0 Å². The monoisotopic (exact) mass is 329 g/mol. The first kappa shape index (κ1) is 17.1. The number of rotatable bonds is 7. The highest BCUT2D eigenvalue weighted by Gasteiger charge is 2.06. The van der Waals surface area contributed by atoms with E-state index in [1.807, 2.05) is 42.5 Å². The van der Waals surface area contributed by atoms with Crippen LogP contribution >= 0.6 is 11.8 Å². The highest BCUT2D eigenvalue weighted by molar-refractivity contribution is 7.99. The number of hydrogen-bond donors (Lipinski definition) is 1. The fraction of sp³-hybridized carbons (Fsp3) is 0.222. The number of benzene rings is 2. The van der Waals surface area contributed by atoms with E-state index in [1.165, 1.54) is 18.9 Å². The van der Waals surface area contributed by atoms with Gasteiger partial charge >= 0.3 is 5.97 Å². The highest BCUT2D eigenvalue weighted by atomic mass is 32.2. The molecule has 2 aromatic rings. The lowest BCUT2D eigenvalue weighted by molar-refractivity contribution is -0.118. The minimum Gasteiger partial charge on any atom is -0.465 e. The maximum absolute atomic E-state index is 11.8. The van der Waals surface area contributed by atoms with E-state index in [0.29, 0.717) is 23.6 Å². The fourth-order valence-corrected chi connectivity index (χ4v) is 2.82. The first-order valence-corrected chi connectivity index (χ1v) is 8.40. The highest BCUT2D eigenvalue weighted by Crippen LogP contribution is 2.14. The van der Waals surface area contributed by atoms with Crippen LogP contribution in [-0.4, -0.2) is 24.7 Å². The molecule has 0 unspecified atom stereocenters. The third kappa shape index (κ3) is 5.79. The van der Waals surface area contributed by atoms with Crippen LogP contribution in [0.25, 0.3) is 0 Å². The SMILES string of the molecule is COC(=O)c1cccc(CSCC(=O)NCc2ccccc2)c1. The summed E-state index contributed by atoms with van der Waals surface area (Å²) in [5.41, 5.74) is 2.60. The van der Waals surface area contributed by atoms with Crippen LogP contribution in [0.4, 0.5) is 0 Å². The number of nitrogens with one attached hydrogen (secondary N) is 1. The molecule has 0 bridgehead atoms. The predicted molar refractivity (Wildman–Crippen MR) is 92.2 cm³/mol. The Morgan fingerprint density at radius 2 is 1.78 bits per heavy atom. The van der Waals surface area contributed by atoms with Gasteiger partial charge in [0.05, 0.1) is 18.4 Å². The van der Waals surface area contributed by atoms with Crippen molar-refractivity contribution in [2.75, 3.05) is 12.9 Å². The lowest BCUT2D eigenvalue weighted by atomic mass is 10.1. The Hall–Kier alpha value is -2.27. The van der Waals surface area contributed by atoms with Gasteiger partial charge in [0.15, 0.2) is 0 Å². The van der Waals surface area contributed by atoms with Crippen molar-refractivity contribution in [2.45, 2.75) is 12.3 Å². The van der Waals surface area contributed by atoms with E-state index in [0.717, 1.165) is 11.1 Å². The molecule has 0 saturated heterocycles. The van der Waals surface area contributed by atoms with E-state index < -0.39 is 0 Å². The summed E-state index contributed by atoms with van der Waals surface area (Å²) in [4.78, 5) is 23.3. The van der Waals surface area contributed by atoms with Crippen LogP contribution in [0.1, 0.15) is 21.5 Å². The van der Waals surface area contributed by atoms with Crippen LogP contribution in [0.3, 0.4) is 0 Å². The average molecular weight is 329 g/mol. The molecular weight excluding hydrogens is 310 g/mol. The fourth-order valence-electron chi connectivity index (χ4n) is 2.02. The summed E-state index contributed by atoms with van der Waals surface area (Å²) in [5.74, 6) is 0.708. The Morgan fingerprint density at radius 1 is 1.04 bits per heavy atom. The van der Waals surface area contributed by atoms with Crippen molar-refractivity contribution in [2.24, 2.45) is 0 Å². The van der Waals surface area contributed by atoms with E-state index in [1.54, 1.807) is 12.1 Å². The molecular formula is C18H19NO3S. The molecule has 0 heterocycles. The van der Waals surface area contributed by atoms with Gasteiger partial charge in [0.1, 0.15) is 0 Å². The van der Waals surface area contributed by atoms with Gasteiger partial charge in [0.2, 0.25) is 5.91 Å². The zero-order valence-electron chi connectivity index (χ0n) is 13.0. The van der Waals surface area contributed by atoms with Gasteiger partial charge in [-0.05, 0) is 23.3 Å². The first-order chi connectivity index (χ1) is 11.2. The Balaban J connectivity index is 1.74. The van der Waals surface area contributed by atoms with E-state index >= 15 is 0 Å². The molecule has 0 aliphatic carbocycles. The van der Waals surface area contributed by atoms with Gasteiger partial charge in [-0.2, -0.15) is 0 Å². The van der Waals surface area contributed by atoms with Crippen LogP contribution in [0, 0.1) is 0 Å². The summed E-state index contributed by atoms with van der Waals surface area (Å²) in [6.45, 7) is 0.540. The summed E-state index contributed by atoms with van der Waals surface area (Å²) in [6.07, 6.45) is 0. The standard InChI is InChI=1S/C18H19NO3S/c1-22-18(21)16-9-5-8-15(10-16)12-23-13-17(20)19-11-14-6-3-2-4-7-14/h2-10H,11-13H2,1H3,(H,19,20). The van der Waals surface area contributed by atoms with Gasteiger partial charge < -0.3 is 10.1 Å². The number of amides is 1. The number of carbonyl (C=O) groups excluding carboxylic acids is 2. The maximum Gasteiger partial charge on any atom is 0.337 e. The summed E-state index contributed by atoms with van der Waals surface area (Å²) >= 11 is 1.51. The molecule has 0 aliphatic rings. The summed E-state index contributed by atoms with van der Waals surface area (Å²) in [5, 5.41) is 2.89. The number of ether oxygens (including phenoxy) is 1.